The van der Waals surface area contributed by atoms with E-state index in [1.165, 1.54) is 12.1 Å². The molecule has 2 amide bonds. The summed E-state index contributed by atoms with van der Waals surface area (Å²) in [5, 5.41) is 8.98. The van der Waals surface area contributed by atoms with E-state index in [2.05, 4.69) is 15.2 Å². The maximum Gasteiger partial charge on any atom is 0.314 e. The molecular formula is C22H25ClFN7O. The summed E-state index contributed by atoms with van der Waals surface area (Å²) in [6, 6.07) is 5.62. The highest BCUT2D eigenvalue weighted by molar-refractivity contribution is 6.31. The number of urea groups is 1. The molecule has 32 heavy (non-hydrogen) atoms. The van der Waals surface area contributed by atoms with E-state index in [0.29, 0.717) is 18.1 Å². The summed E-state index contributed by atoms with van der Waals surface area (Å²) in [6.45, 7) is 3.74. The minimum Gasteiger partial charge on any atom is -0.351 e. The monoisotopic (exact) mass is 457 g/mol. The van der Waals surface area contributed by atoms with Gasteiger partial charge in [-0.25, -0.2) is 18.7 Å². The maximum atomic E-state index is 14.1. The first kappa shape index (κ1) is 21.0. The number of nitrogens with one attached hydrogen (secondary N) is 1. The van der Waals surface area contributed by atoms with Crippen molar-refractivity contribution in [3.63, 3.8) is 0 Å². The number of amides is 2. The fraction of sp³-hybridized carbons (Fsp3) is 0.409. The smallest absolute Gasteiger partial charge is 0.314 e. The maximum absolute atomic E-state index is 14.1. The number of primary amides is 1. The molecule has 2 aromatic heterocycles. The molecule has 168 valence electrons. The van der Waals surface area contributed by atoms with Crippen LogP contribution >= 0.6 is 11.6 Å². The predicted molar refractivity (Wildman–Crippen MR) is 120 cm³/mol. The van der Waals surface area contributed by atoms with Crippen molar-refractivity contribution in [3.8, 4) is 0 Å². The van der Waals surface area contributed by atoms with Gasteiger partial charge in [0.1, 0.15) is 5.82 Å². The number of halogens is 2. The second-order valence-electron chi connectivity index (χ2n) is 8.51. The van der Waals surface area contributed by atoms with Gasteiger partial charge in [0.25, 0.3) is 0 Å². The van der Waals surface area contributed by atoms with Gasteiger partial charge in [-0.15, -0.1) is 5.10 Å². The highest BCUT2D eigenvalue weighted by Gasteiger charge is 2.37. The van der Waals surface area contributed by atoms with Gasteiger partial charge in [-0.3, -0.25) is 0 Å². The van der Waals surface area contributed by atoms with Crippen molar-refractivity contribution in [2.45, 2.75) is 37.9 Å². The quantitative estimate of drug-likeness (QED) is 0.629. The molecule has 2 aliphatic rings. The van der Waals surface area contributed by atoms with E-state index < -0.39 is 6.03 Å². The molecule has 5 rings (SSSR count). The van der Waals surface area contributed by atoms with Crippen LogP contribution in [0.4, 0.5) is 15.0 Å². The Morgan fingerprint density at radius 2 is 2.19 bits per heavy atom. The Balaban J connectivity index is 1.61. The Morgan fingerprint density at radius 3 is 3.00 bits per heavy atom. The van der Waals surface area contributed by atoms with Gasteiger partial charge in [-0.2, -0.15) is 0 Å². The second kappa shape index (κ2) is 8.22. The van der Waals surface area contributed by atoms with E-state index >= 15 is 0 Å². The summed E-state index contributed by atoms with van der Waals surface area (Å²) < 4.78 is 15.8. The van der Waals surface area contributed by atoms with Crippen molar-refractivity contribution in [1.29, 1.82) is 0 Å². The fourth-order valence-electron chi connectivity index (χ4n) is 4.96. The number of carbonyl (C=O) groups is 1. The minimum absolute atomic E-state index is 0.0554. The highest BCUT2D eigenvalue weighted by atomic mass is 35.5. The van der Waals surface area contributed by atoms with Crippen molar-refractivity contribution in [1.82, 2.24) is 24.8 Å². The van der Waals surface area contributed by atoms with Crippen molar-refractivity contribution in [2.75, 3.05) is 24.5 Å². The number of fused-ring (bicyclic) bond motifs is 1. The van der Waals surface area contributed by atoms with Gasteiger partial charge in [0.15, 0.2) is 11.5 Å². The van der Waals surface area contributed by atoms with Crippen LogP contribution in [0.1, 0.15) is 43.0 Å². The number of anilines is 1. The molecule has 0 radical (unpaired) electrons. The molecule has 0 spiro atoms. The Kier molecular flexibility index (Phi) is 5.38. The lowest BCUT2D eigenvalue weighted by molar-refractivity contribution is 0.170. The summed E-state index contributed by atoms with van der Waals surface area (Å²) >= 11 is 6.47. The fourth-order valence-corrected chi connectivity index (χ4v) is 5.20. The van der Waals surface area contributed by atoms with E-state index in [1.54, 1.807) is 21.7 Å². The molecule has 1 aromatic carbocycles. The Hall–Kier alpha value is -2.91. The average Bonchev–Trinajstić information content (AvgIpc) is 3.39. The standard InChI is InChI=1S/C22H25ClFN7O/c1-13-11-29(22(25)32)12-17(27-13)19-20-26-7-3-9-31(20)28-21(19)30-8-2-4-18(30)15-10-14(24)5-6-16(15)23/h3,5-7,9-10,13,17-18,27H,2,4,8,11-12H2,1H3,(H2,25,32)/t13?,17?,18-/m1/s1. The van der Waals surface area contributed by atoms with Crippen LogP contribution in [-0.2, 0) is 0 Å². The lowest BCUT2D eigenvalue weighted by Crippen LogP contribution is -2.54. The molecule has 2 saturated heterocycles. The molecule has 3 atom stereocenters. The third-order valence-electron chi connectivity index (χ3n) is 6.30. The van der Waals surface area contributed by atoms with E-state index in [0.717, 1.165) is 42.0 Å². The topological polar surface area (TPSA) is 91.8 Å². The molecule has 0 bridgehead atoms. The normalized spacial score (nSPS) is 23.8. The third-order valence-corrected chi connectivity index (χ3v) is 6.64. The molecule has 10 heteroatoms. The first-order valence-electron chi connectivity index (χ1n) is 10.8. The van der Waals surface area contributed by atoms with E-state index in [9.17, 15) is 9.18 Å². The molecule has 2 aliphatic heterocycles. The molecule has 0 aliphatic carbocycles. The van der Waals surface area contributed by atoms with Gasteiger partial charge >= 0.3 is 6.03 Å². The number of nitrogens with two attached hydrogens (primary N) is 1. The first-order chi connectivity index (χ1) is 15.4. The zero-order valence-electron chi connectivity index (χ0n) is 17.7. The molecule has 8 nitrogen and oxygen atoms in total. The van der Waals surface area contributed by atoms with Crippen LogP contribution in [0.3, 0.4) is 0 Å². The van der Waals surface area contributed by atoms with Crippen LogP contribution in [-0.4, -0.2) is 51.2 Å². The van der Waals surface area contributed by atoms with Crippen LogP contribution in [0.25, 0.3) is 5.65 Å². The zero-order chi connectivity index (χ0) is 22.4. The number of rotatable bonds is 3. The van der Waals surface area contributed by atoms with Crippen LogP contribution in [0.5, 0.6) is 0 Å². The summed E-state index contributed by atoms with van der Waals surface area (Å²) in [5.41, 5.74) is 7.98. The lowest BCUT2D eigenvalue weighted by atomic mass is 10.0. The number of piperazine rings is 1. The van der Waals surface area contributed by atoms with Gasteiger partial charge in [0.05, 0.1) is 17.6 Å². The van der Waals surface area contributed by atoms with Crippen molar-refractivity contribution < 1.29 is 9.18 Å². The third kappa shape index (κ3) is 3.65. The number of aromatic nitrogens is 3. The summed E-state index contributed by atoms with van der Waals surface area (Å²) in [6.07, 6.45) is 5.35. The zero-order valence-corrected chi connectivity index (χ0v) is 18.5. The molecule has 3 aromatic rings. The average molecular weight is 458 g/mol. The SMILES string of the molecule is CC1CN(C(N)=O)CC(c2c(N3CCC[C@@H]3c3cc(F)ccc3Cl)nn3cccnc23)N1. The Bertz CT molecular complexity index is 1170. The molecule has 2 unspecified atom stereocenters. The summed E-state index contributed by atoms with van der Waals surface area (Å²) in [4.78, 5) is 20.4. The highest BCUT2D eigenvalue weighted by Crippen LogP contribution is 2.42. The molecule has 3 N–H and O–H groups in total. The largest absolute Gasteiger partial charge is 0.351 e. The van der Waals surface area contributed by atoms with Gasteiger partial charge in [0.2, 0.25) is 0 Å². The predicted octanol–water partition coefficient (Wildman–Crippen LogP) is 3.28. The summed E-state index contributed by atoms with van der Waals surface area (Å²) in [7, 11) is 0. The number of benzene rings is 1. The van der Waals surface area contributed by atoms with Crippen molar-refractivity contribution in [2.24, 2.45) is 5.73 Å². The van der Waals surface area contributed by atoms with Crippen molar-refractivity contribution >= 4 is 29.1 Å². The molecule has 4 heterocycles. The van der Waals surface area contributed by atoms with Gasteiger partial charge in [-0.1, -0.05) is 11.6 Å². The summed E-state index contributed by atoms with van der Waals surface area (Å²) in [5.74, 6) is 0.454. The van der Waals surface area contributed by atoms with Crippen LogP contribution in [0, 0.1) is 5.82 Å². The van der Waals surface area contributed by atoms with E-state index in [4.69, 9.17) is 22.4 Å². The molecular weight excluding hydrogens is 433 g/mol. The van der Waals surface area contributed by atoms with Crippen LogP contribution < -0.4 is 16.0 Å². The number of nitrogens with zero attached hydrogens (tertiary/aromatic N) is 5. The Morgan fingerprint density at radius 1 is 1.34 bits per heavy atom. The van der Waals surface area contributed by atoms with Crippen LogP contribution in [0.15, 0.2) is 36.7 Å². The number of hydrogen-bond donors (Lipinski definition) is 2. The number of carbonyl (C=O) groups excluding carboxylic acids is 1. The van der Waals surface area contributed by atoms with Crippen LogP contribution in [0.2, 0.25) is 5.02 Å². The van der Waals surface area contributed by atoms with Crippen molar-refractivity contribution in [3.05, 3.63) is 58.6 Å². The van der Waals surface area contributed by atoms with E-state index in [1.807, 2.05) is 19.2 Å². The minimum atomic E-state index is -0.445. The molecule has 0 saturated carbocycles. The van der Waals surface area contributed by atoms with E-state index in [-0.39, 0.29) is 23.9 Å². The first-order valence-corrected chi connectivity index (χ1v) is 11.2. The Labute approximate surface area is 190 Å². The molecule has 2 fully saturated rings. The van der Waals surface area contributed by atoms with Gasteiger partial charge < -0.3 is 20.9 Å². The van der Waals surface area contributed by atoms with Gasteiger partial charge in [0, 0.05) is 43.1 Å². The number of hydrogen-bond acceptors (Lipinski definition) is 5. The van der Waals surface area contributed by atoms with Gasteiger partial charge in [-0.05, 0) is 49.6 Å². The second-order valence-corrected chi connectivity index (χ2v) is 8.91. The lowest BCUT2D eigenvalue weighted by Gasteiger charge is -2.37.